The minimum atomic E-state index is -0.250. The predicted octanol–water partition coefficient (Wildman–Crippen LogP) is 1.90. The number of fused-ring (bicyclic) bond motifs is 2. The van der Waals surface area contributed by atoms with Crippen LogP contribution in [0.2, 0.25) is 0 Å². The zero-order valence-electron chi connectivity index (χ0n) is 15.4. The largest absolute Gasteiger partial charge is 0.353 e. The Bertz CT molecular complexity index is 894. The van der Waals surface area contributed by atoms with Gasteiger partial charge in [-0.25, -0.2) is 4.98 Å². The fourth-order valence-corrected chi connectivity index (χ4v) is 4.79. The molecule has 2 N–H and O–H groups in total. The average Bonchev–Trinajstić information content (AvgIpc) is 3.25. The number of hydrogen-bond donors (Lipinski definition) is 2. The Morgan fingerprint density at radius 2 is 2.11 bits per heavy atom. The number of aromatic amines is 2. The lowest BCUT2D eigenvalue weighted by Gasteiger charge is -2.50. The number of hydrogen-bond acceptors (Lipinski definition) is 4. The maximum Gasteiger partial charge on any atom is 0.226 e. The van der Waals surface area contributed by atoms with Crippen LogP contribution >= 0.6 is 0 Å². The lowest BCUT2D eigenvalue weighted by Crippen LogP contribution is -2.58. The zero-order chi connectivity index (χ0) is 18.4. The van der Waals surface area contributed by atoms with Gasteiger partial charge in [-0.05, 0) is 37.3 Å². The molecule has 1 saturated heterocycles. The SMILES string of the molecule is N#Cc1cc(CN2CCC3(CC2)c2nc[nH]c2CCN3C(=O)C2CC2)c[nH]1. The van der Waals surface area contributed by atoms with Crippen LogP contribution in [0.5, 0.6) is 0 Å². The first-order valence-corrected chi connectivity index (χ1v) is 9.83. The lowest BCUT2D eigenvalue weighted by molar-refractivity contribution is -0.143. The molecule has 3 aliphatic rings. The monoisotopic (exact) mass is 364 g/mol. The molecule has 0 radical (unpaired) electrons. The number of nitrogens with one attached hydrogen (secondary N) is 2. The number of nitrogens with zero attached hydrogens (tertiary/aromatic N) is 4. The van der Waals surface area contributed by atoms with E-state index in [2.05, 4.69) is 30.8 Å². The normalized spacial score (nSPS) is 21.8. The minimum Gasteiger partial charge on any atom is -0.353 e. The van der Waals surface area contributed by atoms with Gasteiger partial charge in [-0.3, -0.25) is 9.69 Å². The number of carbonyl (C=O) groups excluding carboxylic acids is 1. The van der Waals surface area contributed by atoms with Crippen LogP contribution in [0.3, 0.4) is 0 Å². The van der Waals surface area contributed by atoms with Crippen LogP contribution in [-0.4, -0.2) is 50.3 Å². The molecule has 2 aromatic rings. The third-order valence-corrected chi connectivity index (χ3v) is 6.41. The number of H-pyrrole nitrogens is 2. The van der Waals surface area contributed by atoms with E-state index in [4.69, 9.17) is 5.26 Å². The fraction of sp³-hybridized carbons (Fsp3) is 0.550. The van der Waals surface area contributed by atoms with Crippen molar-refractivity contribution >= 4 is 5.91 Å². The van der Waals surface area contributed by atoms with E-state index in [1.54, 1.807) is 6.33 Å². The molecule has 4 heterocycles. The molecule has 5 rings (SSSR count). The minimum absolute atomic E-state index is 0.240. The van der Waals surface area contributed by atoms with E-state index < -0.39 is 0 Å². The van der Waals surface area contributed by atoms with Crippen LogP contribution in [-0.2, 0) is 23.3 Å². The molecular formula is C20H24N6O. The second kappa shape index (κ2) is 6.24. The van der Waals surface area contributed by atoms with Gasteiger partial charge < -0.3 is 14.9 Å². The van der Waals surface area contributed by atoms with Crippen LogP contribution < -0.4 is 0 Å². The van der Waals surface area contributed by atoms with Gasteiger partial charge in [-0.2, -0.15) is 5.26 Å². The van der Waals surface area contributed by atoms with Crippen LogP contribution in [0.15, 0.2) is 18.6 Å². The van der Waals surface area contributed by atoms with Crippen molar-refractivity contribution in [3.8, 4) is 6.07 Å². The standard InChI is InChI=1S/C20H24N6O/c21-10-16-9-14(11-22-16)12-25-7-4-20(5-8-25)18-17(23-13-24-18)3-6-26(20)19(27)15-1-2-15/h9,11,13,15,22H,1-8,12H2,(H,23,24). The van der Waals surface area contributed by atoms with Crippen molar-refractivity contribution in [2.24, 2.45) is 5.92 Å². The molecule has 2 aliphatic heterocycles. The van der Waals surface area contributed by atoms with Gasteiger partial charge in [-0.1, -0.05) is 0 Å². The first-order chi connectivity index (χ1) is 13.2. The molecule has 2 fully saturated rings. The van der Waals surface area contributed by atoms with E-state index in [1.165, 1.54) is 5.69 Å². The third kappa shape index (κ3) is 2.76. The molecule has 0 bridgehead atoms. The number of amides is 1. The van der Waals surface area contributed by atoms with Crippen LogP contribution in [0.1, 0.15) is 48.3 Å². The number of nitriles is 1. The van der Waals surface area contributed by atoms with Gasteiger partial charge in [0.2, 0.25) is 5.91 Å². The highest BCUT2D eigenvalue weighted by Crippen LogP contribution is 2.45. The van der Waals surface area contributed by atoms with Crippen molar-refractivity contribution in [2.45, 2.75) is 44.2 Å². The lowest BCUT2D eigenvalue weighted by atomic mass is 9.78. The number of aromatic nitrogens is 3. The summed E-state index contributed by atoms with van der Waals surface area (Å²) in [6.07, 6.45) is 8.49. The Kier molecular flexibility index (Phi) is 3.83. The molecule has 0 atom stereocenters. The molecule has 0 aromatic carbocycles. The van der Waals surface area contributed by atoms with E-state index in [9.17, 15) is 4.79 Å². The summed E-state index contributed by atoms with van der Waals surface area (Å²) < 4.78 is 0. The highest BCUT2D eigenvalue weighted by atomic mass is 16.2. The zero-order valence-corrected chi connectivity index (χ0v) is 15.4. The fourth-order valence-electron chi connectivity index (χ4n) is 4.79. The van der Waals surface area contributed by atoms with Crippen molar-refractivity contribution in [3.63, 3.8) is 0 Å². The maximum atomic E-state index is 13.0. The number of carbonyl (C=O) groups is 1. The van der Waals surface area contributed by atoms with Crippen molar-refractivity contribution in [1.29, 1.82) is 5.26 Å². The van der Waals surface area contributed by atoms with E-state index in [0.29, 0.717) is 11.6 Å². The van der Waals surface area contributed by atoms with E-state index in [1.807, 2.05) is 12.3 Å². The van der Waals surface area contributed by atoms with Gasteiger partial charge in [0.15, 0.2) is 0 Å². The number of piperidine rings is 1. The topological polar surface area (TPSA) is 91.8 Å². The summed E-state index contributed by atoms with van der Waals surface area (Å²) >= 11 is 0. The molecule has 1 aliphatic carbocycles. The molecule has 140 valence electrons. The highest BCUT2D eigenvalue weighted by molar-refractivity contribution is 5.82. The Hall–Kier alpha value is -2.59. The second-order valence-electron chi connectivity index (χ2n) is 8.08. The summed E-state index contributed by atoms with van der Waals surface area (Å²) in [5.74, 6) is 0.575. The van der Waals surface area contributed by atoms with Crippen molar-refractivity contribution < 1.29 is 4.79 Å². The average molecular weight is 364 g/mol. The number of imidazole rings is 1. The maximum absolute atomic E-state index is 13.0. The van der Waals surface area contributed by atoms with E-state index >= 15 is 0 Å². The van der Waals surface area contributed by atoms with Gasteiger partial charge in [0.1, 0.15) is 11.8 Å². The van der Waals surface area contributed by atoms with Crippen molar-refractivity contribution in [1.82, 2.24) is 24.8 Å². The summed E-state index contributed by atoms with van der Waals surface area (Å²) in [7, 11) is 0. The van der Waals surface area contributed by atoms with Gasteiger partial charge >= 0.3 is 0 Å². The van der Waals surface area contributed by atoms with Gasteiger partial charge in [0.05, 0.1) is 17.6 Å². The third-order valence-electron chi connectivity index (χ3n) is 6.41. The molecule has 27 heavy (non-hydrogen) atoms. The second-order valence-corrected chi connectivity index (χ2v) is 8.08. The Balaban J connectivity index is 1.36. The number of likely N-dealkylation sites (tertiary alicyclic amines) is 1. The van der Waals surface area contributed by atoms with Crippen molar-refractivity contribution in [2.75, 3.05) is 19.6 Å². The predicted molar refractivity (Wildman–Crippen MR) is 98.4 cm³/mol. The Labute approximate surface area is 158 Å². The molecular weight excluding hydrogens is 340 g/mol. The smallest absolute Gasteiger partial charge is 0.226 e. The molecule has 0 unspecified atom stereocenters. The molecule has 7 heteroatoms. The molecule has 1 amide bonds. The van der Waals surface area contributed by atoms with Gasteiger partial charge in [-0.15, -0.1) is 0 Å². The molecule has 1 spiro atoms. The summed E-state index contributed by atoms with van der Waals surface area (Å²) in [5, 5.41) is 8.98. The van der Waals surface area contributed by atoms with E-state index in [-0.39, 0.29) is 11.5 Å². The molecule has 2 aromatic heterocycles. The highest BCUT2D eigenvalue weighted by Gasteiger charge is 2.50. The first-order valence-electron chi connectivity index (χ1n) is 9.83. The Morgan fingerprint density at radius 3 is 2.81 bits per heavy atom. The Morgan fingerprint density at radius 1 is 1.30 bits per heavy atom. The summed E-state index contributed by atoms with van der Waals surface area (Å²) in [6.45, 7) is 3.48. The summed E-state index contributed by atoms with van der Waals surface area (Å²) in [6, 6.07) is 4.06. The molecule has 1 saturated carbocycles. The van der Waals surface area contributed by atoms with Crippen LogP contribution in [0.4, 0.5) is 0 Å². The van der Waals surface area contributed by atoms with Crippen LogP contribution in [0.25, 0.3) is 0 Å². The van der Waals surface area contributed by atoms with Crippen LogP contribution in [0, 0.1) is 17.2 Å². The summed E-state index contributed by atoms with van der Waals surface area (Å²) in [5.41, 5.74) is 3.79. The van der Waals surface area contributed by atoms with Gasteiger partial charge in [0, 0.05) is 50.4 Å². The van der Waals surface area contributed by atoms with Crippen molar-refractivity contribution in [3.05, 3.63) is 41.2 Å². The van der Waals surface area contributed by atoms with Gasteiger partial charge in [0.25, 0.3) is 0 Å². The van der Waals surface area contributed by atoms with E-state index in [0.717, 1.165) is 69.5 Å². The quantitative estimate of drug-likeness (QED) is 0.870. The molecule has 7 nitrogen and oxygen atoms in total. The first kappa shape index (κ1) is 16.6. The number of rotatable bonds is 3. The summed E-state index contributed by atoms with van der Waals surface area (Å²) in [4.78, 5) is 28.5.